The van der Waals surface area contributed by atoms with Crippen molar-refractivity contribution < 1.29 is 0 Å². The summed E-state index contributed by atoms with van der Waals surface area (Å²) in [6.07, 6.45) is 8.21. The predicted octanol–water partition coefficient (Wildman–Crippen LogP) is 1.30. The lowest BCUT2D eigenvalue weighted by Crippen LogP contribution is -2.29. The second-order valence-electron chi connectivity index (χ2n) is 3.43. The lowest BCUT2D eigenvalue weighted by molar-refractivity contribution is 0.526. The van der Waals surface area contributed by atoms with Crippen LogP contribution in [0.5, 0.6) is 0 Å². The van der Waals surface area contributed by atoms with E-state index in [0.717, 1.165) is 12.2 Å². The van der Waals surface area contributed by atoms with Gasteiger partial charge in [-0.25, -0.2) is 4.98 Å². The summed E-state index contributed by atoms with van der Waals surface area (Å²) in [5.74, 6) is 2.36. The van der Waals surface area contributed by atoms with E-state index in [1.54, 1.807) is 0 Å². The van der Waals surface area contributed by atoms with E-state index in [9.17, 15) is 0 Å². The van der Waals surface area contributed by atoms with Crippen molar-refractivity contribution in [2.24, 2.45) is 7.05 Å². The number of aryl methyl sites for hydroxylation is 1. The molecular weight excluding hydrogens is 194 g/mol. The molecule has 1 aromatic heterocycles. The minimum absolute atomic E-state index is 0.545. The van der Waals surface area contributed by atoms with E-state index in [1.165, 1.54) is 12.2 Å². The third-order valence-corrected chi connectivity index (χ3v) is 3.07. The predicted molar refractivity (Wildman–Crippen MR) is 62.8 cm³/mol. The first-order chi connectivity index (χ1) is 6.77. The summed E-state index contributed by atoms with van der Waals surface area (Å²) in [6.45, 7) is 0. The van der Waals surface area contributed by atoms with Gasteiger partial charge >= 0.3 is 0 Å². The Kier molecular flexibility index (Phi) is 5.04. The highest BCUT2D eigenvalue weighted by atomic mass is 32.2. The van der Waals surface area contributed by atoms with Gasteiger partial charge in [0.15, 0.2) is 0 Å². The number of imidazole rings is 1. The third-order valence-electron chi connectivity index (χ3n) is 2.43. The van der Waals surface area contributed by atoms with Gasteiger partial charge in [-0.15, -0.1) is 0 Å². The minimum atomic E-state index is 0.545. The van der Waals surface area contributed by atoms with Gasteiger partial charge in [-0.3, -0.25) is 0 Å². The maximum atomic E-state index is 4.33. The highest BCUT2D eigenvalue weighted by Gasteiger charge is 2.09. The van der Waals surface area contributed by atoms with Crippen LogP contribution in [0.15, 0.2) is 12.4 Å². The maximum Gasteiger partial charge on any atom is 0.109 e. The Morgan fingerprint density at radius 2 is 2.43 bits per heavy atom. The zero-order valence-electron chi connectivity index (χ0n) is 9.16. The van der Waals surface area contributed by atoms with Crippen molar-refractivity contribution in [1.29, 1.82) is 0 Å². The molecule has 0 aliphatic carbocycles. The van der Waals surface area contributed by atoms with E-state index in [0.29, 0.717) is 6.04 Å². The molecule has 0 fully saturated rings. The maximum absolute atomic E-state index is 4.33. The van der Waals surface area contributed by atoms with Crippen LogP contribution >= 0.6 is 11.8 Å². The van der Waals surface area contributed by atoms with Crippen molar-refractivity contribution in [2.45, 2.75) is 18.9 Å². The van der Waals surface area contributed by atoms with Gasteiger partial charge in [0.05, 0.1) is 0 Å². The Morgan fingerprint density at radius 1 is 1.64 bits per heavy atom. The van der Waals surface area contributed by atoms with Gasteiger partial charge in [0, 0.05) is 31.9 Å². The highest BCUT2D eigenvalue weighted by molar-refractivity contribution is 7.98. The van der Waals surface area contributed by atoms with E-state index < -0.39 is 0 Å². The van der Waals surface area contributed by atoms with Gasteiger partial charge in [0.25, 0.3) is 0 Å². The van der Waals surface area contributed by atoms with Gasteiger partial charge in [-0.2, -0.15) is 11.8 Å². The van der Waals surface area contributed by atoms with E-state index in [4.69, 9.17) is 0 Å². The Balaban J connectivity index is 2.44. The molecule has 0 amide bonds. The number of aromatic nitrogens is 2. The fourth-order valence-electron chi connectivity index (χ4n) is 1.42. The molecule has 0 bridgehead atoms. The van der Waals surface area contributed by atoms with Crippen LogP contribution in [0.25, 0.3) is 0 Å². The van der Waals surface area contributed by atoms with Crippen molar-refractivity contribution in [3.63, 3.8) is 0 Å². The molecule has 0 radical (unpaired) electrons. The van der Waals surface area contributed by atoms with Crippen LogP contribution in [-0.2, 0) is 13.5 Å². The minimum Gasteiger partial charge on any atom is -0.338 e. The number of thioether (sulfide) groups is 1. The van der Waals surface area contributed by atoms with Crippen LogP contribution in [0.4, 0.5) is 0 Å². The number of nitrogens with one attached hydrogen (secondary N) is 1. The Labute approximate surface area is 90.3 Å². The van der Waals surface area contributed by atoms with Crippen molar-refractivity contribution >= 4 is 11.8 Å². The molecule has 0 saturated carbocycles. The lowest BCUT2D eigenvalue weighted by Gasteiger charge is -2.14. The average Bonchev–Trinajstić information content (AvgIpc) is 2.59. The van der Waals surface area contributed by atoms with Crippen LogP contribution in [0.2, 0.25) is 0 Å². The molecule has 1 rings (SSSR count). The summed E-state index contributed by atoms with van der Waals surface area (Å²) in [5.41, 5.74) is 0. The number of nitrogens with zero attached hydrogens (tertiary/aromatic N) is 2. The van der Waals surface area contributed by atoms with Crippen LogP contribution in [0, 0.1) is 0 Å². The molecule has 3 nitrogen and oxygen atoms in total. The third kappa shape index (κ3) is 3.35. The van der Waals surface area contributed by atoms with Crippen LogP contribution in [-0.4, -0.2) is 34.6 Å². The van der Waals surface area contributed by atoms with Gasteiger partial charge in [0.2, 0.25) is 0 Å². The summed E-state index contributed by atoms with van der Waals surface area (Å²) < 4.78 is 2.09. The largest absolute Gasteiger partial charge is 0.338 e. The molecule has 0 aliphatic rings. The monoisotopic (exact) mass is 213 g/mol. The molecule has 0 aromatic carbocycles. The fourth-order valence-corrected chi connectivity index (χ4v) is 1.94. The number of hydrogen-bond donors (Lipinski definition) is 1. The van der Waals surface area contributed by atoms with E-state index in [1.807, 2.05) is 38.3 Å². The zero-order valence-corrected chi connectivity index (χ0v) is 9.97. The molecule has 4 heteroatoms. The zero-order chi connectivity index (χ0) is 10.4. The van der Waals surface area contributed by atoms with E-state index in [-0.39, 0.29) is 0 Å². The molecule has 0 saturated heterocycles. The molecule has 1 aromatic rings. The van der Waals surface area contributed by atoms with E-state index >= 15 is 0 Å². The lowest BCUT2D eigenvalue weighted by atomic mass is 10.1. The van der Waals surface area contributed by atoms with Crippen molar-refractivity contribution in [3.05, 3.63) is 18.2 Å². The molecule has 0 aliphatic heterocycles. The molecule has 1 atom stereocenters. The topological polar surface area (TPSA) is 29.9 Å². The molecule has 1 unspecified atom stereocenters. The summed E-state index contributed by atoms with van der Waals surface area (Å²) in [5, 5.41) is 3.34. The Hall–Kier alpha value is -0.480. The highest BCUT2D eigenvalue weighted by Crippen LogP contribution is 2.06. The van der Waals surface area contributed by atoms with Crippen LogP contribution in [0.3, 0.4) is 0 Å². The van der Waals surface area contributed by atoms with Gasteiger partial charge < -0.3 is 9.88 Å². The molecule has 14 heavy (non-hydrogen) atoms. The first-order valence-corrected chi connectivity index (χ1v) is 6.29. The van der Waals surface area contributed by atoms with Gasteiger partial charge in [0.1, 0.15) is 5.82 Å². The van der Waals surface area contributed by atoms with Crippen molar-refractivity contribution in [1.82, 2.24) is 14.9 Å². The standard InChI is InChI=1S/C10H19N3S/c1-11-9(4-7-14-3)8-10-12-5-6-13(10)2/h5-6,9,11H,4,7-8H2,1-3H3. The second-order valence-corrected chi connectivity index (χ2v) is 4.41. The van der Waals surface area contributed by atoms with E-state index in [2.05, 4.69) is 21.1 Å². The number of hydrogen-bond acceptors (Lipinski definition) is 3. The Bertz CT molecular complexity index is 260. The average molecular weight is 213 g/mol. The molecule has 1 heterocycles. The Morgan fingerprint density at radius 3 is 2.93 bits per heavy atom. The summed E-state index contributed by atoms with van der Waals surface area (Å²) in [4.78, 5) is 4.33. The second kappa shape index (κ2) is 6.09. The summed E-state index contributed by atoms with van der Waals surface area (Å²) in [7, 11) is 4.07. The molecule has 1 N–H and O–H groups in total. The number of likely N-dealkylation sites (N-methyl/N-ethyl adjacent to an activating group) is 1. The summed E-state index contributed by atoms with van der Waals surface area (Å²) in [6, 6.07) is 0.545. The quantitative estimate of drug-likeness (QED) is 0.772. The normalized spacial score (nSPS) is 13.1. The van der Waals surface area contributed by atoms with Gasteiger partial charge in [-0.1, -0.05) is 0 Å². The first-order valence-electron chi connectivity index (χ1n) is 4.90. The van der Waals surface area contributed by atoms with Crippen LogP contribution in [0.1, 0.15) is 12.2 Å². The van der Waals surface area contributed by atoms with Crippen LogP contribution < -0.4 is 5.32 Å². The molecular formula is C10H19N3S. The SMILES string of the molecule is CNC(CCSC)Cc1nccn1C. The first kappa shape index (κ1) is 11.6. The smallest absolute Gasteiger partial charge is 0.109 e. The van der Waals surface area contributed by atoms with Crippen molar-refractivity contribution in [2.75, 3.05) is 19.1 Å². The summed E-state index contributed by atoms with van der Waals surface area (Å²) >= 11 is 1.89. The van der Waals surface area contributed by atoms with Crippen molar-refractivity contribution in [3.8, 4) is 0 Å². The molecule has 0 spiro atoms. The van der Waals surface area contributed by atoms with Gasteiger partial charge in [-0.05, 0) is 25.5 Å². The number of rotatable bonds is 6. The molecule has 80 valence electrons. The fraction of sp³-hybridized carbons (Fsp3) is 0.700.